The molecule has 7 heteroatoms. The average molecular weight is 270 g/mol. The van der Waals surface area contributed by atoms with Gasteiger partial charge in [0.25, 0.3) is 0 Å². The van der Waals surface area contributed by atoms with Gasteiger partial charge in [-0.2, -0.15) is 4.68 Å². The highest BCUT2D eigenvalue weighted by molar-refractivity contribution is 5.80. The molecule has 0 fully saturated rings. The fourth-order valence-electron chi connectivity index (χ4n) is 1.53. The highest BCUT2D eigenvalue weighted by Gasteiger charge is 2.09. The molecule has 2 aromatic rings. The van der Waals surface area contributed by atoms with Crippen LogP contribution in [0.3, 0.4) is 0 Å². The van der Waals surface area contributed by atoms with Crippen LogP contribution in [-0.4, -0.2) is 39.2 Å². The van der Waals surface area contributed by atoms with Gasteiger partial charge in [-0.05, 0) is 29.5 Å². The molecule has 0 saturated carbocycles. The zero-order valence-corrected chi connectivity index (χ0v) is 11.0. The lowest BCUT2D eigenvalue weighted by atomic mass is 10.2. The molecule has 0 saturated heterocycles. The third kappa shape index (κ3) is 3.32. The van der Waals surface area contributed by atoms with E-state index in [1.807, 2.05) is 31.2 Å². The van der Waals surface area contributed by atoms with Gasteiger partial charge in [-0.25, -0.2) is 0 Å². The molecule has 0 aliphatic carbocycles. The lowest BCUT2D eigenvalue weighted by Crippen LogP contribution is -2.30. The van der Waals surface area contributed by atoms with E-state index in [-0.39, 0.29) is 19.0 Å². The number of hydrogen-bond acceptors (Lipinski definition) is 5. The Morgan fingerprint density at radius 2 is 2.15 bits per heavy atom. The van der Waals surface area contributed by atoms with Crippen LogP contribution >= 0.6 is 0 Å². The summed E-state index contributed by atoms with van der Waals surface area (Å²) in [6.07, 6.45) is 5.06. The summed E-state index contributed by atoms with van der Waals surface area (Å²) in [5.41, 5.74) is 1.96. The molecule has 1 aromatic heterocycles. The molecule has 1 amide bonds. The standard InChI is InChI=1S/C13H14N6O/c1-3-8-14-12(20)9-15-13-16-17-18-19(13)11-6-4-10(2)5-7-11/h1,4-7H,8-9H2,2H3,(H,14,20)(H,15,16,18). The number of tetrazole rings is 1. The van der Waals surface area contributed by atoms with Crippen molar-refractivity contribution < 1.29 is 4.79 Å². The first-order valence-corrected chi connectivity index (χ1v) is 6.00. The van der Waals surface area contributed by atoms with E-state index in [9.17, 15) is 4.79 Å². The smallest absolute Gasteiger partial charge is 0.248 e. The molecule has 0 bridgehead atoms. The quantitative estimate of drug-likeness (QED) is 0.754. The Hall–Kier alpha value is -2.88. The van der Waals surface area contributed by atoms with Crippen LogP contribution in [0.1, 0.15) is 5.56 Å². The second kappa shape index (κ2) is 6.33. The van der Waals surface area contributed by atoms with E-state index in [1.165, 1.54) is 4.68 Å². The van der Waals surface area contributed by atoms with Crippen molar-refractivity contribution in [3.8, 4) is 18.0 Å². The van der Waals surface area contributed by atoms with Gasteiger partial charge in [0.05, 0.1) is 18.8 Å². The topological polar surface area (TPSA) is 84.7 Å². The minimum Gasteiger partial charge on any atom is -0.344 e. The van der Waals surface area contributed by atoms with E-state index < -0.39 is 0 Å². The number of nitrogens with one attached hydrogen (secondary N) is 2. The molecule has 2 N–H and O–H groups in total. The number of aromatic nitrogens is 4. The summed E-state index contributed by atoms with van der Waals surface area (Å²) >= 11 is 0. The summed E-state index contributed by atoms with van der Waals surface area (Å²) in [6.45, 7) is 2.25. The Labute approximate surface area is 116 Å². The average Bonchev–Trinajstić information content (AvgIpc) is 2.92. The molecule has 0 spiro atoms. The van der Waals surface area contributed by atoms with Gasteiger partial charge in [-0.15, -0.1) is 6.42 Å². The van der Waals surface area contributed by atoms with Crippen LogP contribution in [0.2, 0.25) is 0 Å². The first-order valence-electron chi connectivity index (χ1n) is 6.00. The Morgan fingerprint density at radius 3 is 2.85 bits per heavy atom. The van der Waals surface area contributed by atoms with Crippen LogP contribution in [0.4, 0.5) is 5.95 Å². The maximum Gasteiger partial charge on any atom is 0.248 e. The van der Waals surface area contributed by atoms with Gasteiger partial charge >= 0.3 is 0 Å². The number of nitrogens with zero attached hydrogens (tertiary/aromatic N) is 4. The predicted molar refractivity (Wildman–Crippen MR) is 74.2 cm³/mol. The highest BCUT2D eigenvalue weighted by atomic mass is 16.1. The first kappa shape index (κ1) is 13.5. The largest absolute Gasteiger partial charge is 0.344 e. The van der Waals surface area contributed by atoms with Crippen molar-refractivity contribution in [2.24, 2.45) is 0 Å². The van der Waals surface area contributed by atoms with Gasteiger partial charge in [-0.1, -0.05) is 28.7 Å². The molecule has 0 unspecified atom stereocenters. The number of carbonyl (C=O) groups excluding carboxylic acids is 1. The number of terminal acetylenes is 1. The van der Waals surface area contributed by atoms with E-state index in [2.05, 4.69) is 32.1 Å². The van der Waals surface area contributed by atoms with Crippen molar-refractivity contribution >= 4 is 11.9 Å². The summed E-state index contributed by atoms with van der Waals surface area (Å²) < 4.78 is 1.52. The van der Waals surface area contributed by atoms with Crippen molar-refractivity contribution in [2.45, 2.75) is 6.92 Å². The number of benzene rings is 1. The van der Waals surface area contributed by atoms with Crippen molar-refractivity contribution in [3.63, 3.8) is 0 Å². The van der Waals surface area contributed by atoms with E-state index in [4.69, 9.17) is 6.42 Å². The van der Waals surface area contributed by atoms with Crippen LogP contribution in [0, 0.1) is 19.3 Å². The zero-order chi connectivity index (χ0) is 14.4. The third-order valence-corrected chi connectivity index (χ3v) is 2.54. The van der Waals surface area contributed by atoms with E-state index in [0.717, 1.165) is 11.3 Å². The van der Waals surface area contributed by atoms with Crippen molar-refractivity contribution in [2.75, 3.05) is 18.4 Å². The normalized spacial score (nSPS) is 9.80. The molecule has 1 heterocycles. The minimum absolute atomic E-state index is 0.0495. The van der Waals surface area contributed by atoms with Gasteiger partial charge in [0, 0.05) is 0 Å². The molecular weight excluding hydrogens is 256 g/mol. The van der Waals surface area contributed by atoms with Gasteiger partial charge in [-0.3, -0.25) is 4.79 Å². The maximum absolute atomic E-state index is 11.4. The molecular formula is C13H14N6O. The lowest BCUT2D eigenvalue weighted by molar-refractivity contribution is -0.119. The summed E-state index contributed by atoms with van der Waals surface area (Å²) in [4.78, 5) is 11.4. The fourth-order valence-corrected chi connectivity index (χ4v) is 1.53. The Morgan fingerprint density at radius 1 is 1.40 bits per heavy atom. The molecule has 102 valence electrons. The summed E-state index contributed by atoms with van der Waals surface area (Å²) in [5, 5.41) is 16.7. The van der Waals surface area contributed by atoms with Crippen molar-refractivity contribution in [3.05, 3.63) is 29.8 Å². The monoisotopic (exact) mass is 270 g/mol. The SMILES string of the molecule is C#CCNC(=O)CNc1nnnn1-c1ccc(C)cc1. The molecule has 0 aliphatic heterocycles. The van der Waals surface area contributed by atoms with Crippen LogP contribution in [0.25, 0.3) is 5.69 Å². The number of aryl methyl sites for hydroxylation is 1. The Kier molecular flexibility index (Phi) is 4.29. The van der Waals surface area contributed by atoms with Gasteiger partial charge < -0.3 is 10.6 Å². The second-order valence-electron chi connectivity index (χ2n) is 4.08. The highest BCUT2D eigenvalue weighted by Crippen LogP contribution is 2.11. The molecule has 0 aliphatic rings. The van der Waals surface area contributed by atoms with Crippen molar-refractivity contribution in [1.82, 2.24) is 25.5 Å². The molecule has 7 nitrogen and oxygen atoms in total. The summed E-state index contributed by atoms with van der Waals surface area (Å²) in [5.74, 6) is 2.50. The maximum atomic E-state index is 11.4. The van der Waals surface area contributed by atoms with Crippen LogP contribution in [0.15, 0.2) is 24.3 Å². The zero-order valence-electron chi connectivity index (χ0n) is 11.0. The van der Waals surface area contributed by atoms with Gasteiger partial charge in [0.15, 0.2) is 0 Å². The number of carbonyl (C=O) groups is 1. The van der Waals surface area contributed by atoms with Gasteiger partial charge in [0.2, 0.25) is 11.9 Å². The minimum atomic E-state index is -0.221. The summed E-state index contributed by atoms with van der Waals surface area (Å²) in [6, 6.07) is 7.71. The first-order chi connectivity index (χ1) is 9.70. The summed E-state index contributed by atoms with van der Waals surface area (Å²) in [7, 11) is 0. The van der Waals surface area contributed by atoms with Crippen LogP contribution in [-0.2, 0) is 4.79 Å². The molecule has 2 rings (SSSR count). The third-order valence-electron chi connectivity index (χ3n) is 2.54. The van der Waals surface area contributed by atoms with E-state index in [0.29, 0.717) is 5.95 Å². The number of rotatable bonds is 5. The predicted octanol–water partition coefficient (Wildman–Crippen LogP) is 0.132. The molecule has 1 aromatic carbocycles. The molecule has 0 atom stereocenters. The van der Waals surface area contributed by atoms with E-state index >= 15 is 0 Å². The van der Waals surface area contributed by atoms with Crippen LogP contribution < -0.4 is 10.6 Å². The number of hydrogen-bond donors (Lipinski definition) is 2. The Balaban J connectivity index is 2.04. The number of anilines is 1. The number of amides is 1. The fraction of sp³-hybridized carbons (Fsp3) is 0.231. The second-order valence-corrected chi connectivity index (χ2v) is 4.08. The van der Waals surface area contributed by atoms with E-state index in [1.54, 1.807) is 0 Å². The van der Waals surface area contributed by atoms with Gasteiger partial charge in [0.1, 0.15) is 0 Å². The Bertz CT molecular complexity index is 625. The lowest BCUT2D eigenvalue weighted by Gasteiger charge is -2.07. The molecule has 0 radical (unpaired) electrons. The van der Waals surface area contributed by atoms with Crippen LogP contribution in [0.5, 0.6) is 0 Å². The van der Waals surface area contributed by atoms with Crippen molar-refractivity contribution in [1.29, 1.82) is 0 Å². The molecule has 20 heavy (non-hydrogen) atoms.